The van der Waals surface area contributed by atoms with Gasteiger partial charge in [0.15, 0.2) is 5.58 Å². The molecule has 0 saturated heterocycles. The fourth-order valence-electron chi connectivity index (χ4n) is 9.21. The van der Waals surface area contributed by atoms with Gasteiger partial charge in [-0.2, -0.15) is 0 Å². The van der Waals surface area contributed by atoms with Crippen LogP contribution in [0.1, 0.15) is 25.0 Å². The van der Waals surface area contributed by atoms with Gasteiger partial charge in [-0.3, -0.25) is 0 Å². The highest BCUT2D eigenvalue weighted by molar-refractivity contribution is 7.25. The molecule has 4 heteroatoms. The van der Waals surface area contributed by atoms with Crippen molar-refractivity contribution >= 4 is 92.4 Å². The van der Waals surface area contributed by atoms with Crippen LogP contribution in [-0.4, -0.2) is 0 Å². The van der Waals surface area contributed by atoms with E-state index in [4.69, 9.17) is 8.83 Å². The maximum absolute atomic E-state index is 6.99. The molecule has 0 bridgehead atoms. The number of furan rings is 2. The molecule has 11 aromatic rings. The average molecular weight is 724 g/mol. The first kappa shape index (κ1) is 30.8. The van der Waals surface area contributed by atoms with E-state index in [9.17, 15) is 0 Å². The van der Waals surface area contributed by atoms with E-state index in [0.29, 0.717) is 0 Å². The average Bonchev–Trinajstić information content (AvgIpc) is 3.95. The zero-order valence-electron chi connectivity index (χ0n) is 30.3. The highest BCUT2D eigenvalue weighted by Gasteiger charge is 2.36. The van der Waals surface area contributed by atoms with Gasteiger partial charge in [-0.25, -0.2) is 0 Å². The van der Waals surface area contributed by atoms with Gasteiger partial charge in [0.1, 0.15) is 16.7 Å². The van der Waals surface area contributed by atoms with Crippen molar-refractivity contribution in [2.45, 2.75) is 19.3 Å². The molecule has 1 aliphatic carbocycles. The van der Waals surface area contributed by atoms with Gasteiger partial charge >= 0.3 is 0 Å². The van der Waals surface area contributed by atoms with E-state index in [-0.39, 0.29) is 5.41 Å². The largest absolute Gasteiger partial charge is 0.455 e. The molecular weight excluding hydrogens is 691 g/mol. The third-order valence-electron chi connectivity index (χ3n) is 11.9. The van der Waals surface area contributed by atoms with E-state index in [1.54, 1.807) is 0 Å². The quantitative estimate of drug-likeness (QED) is 0.181. The SMILES string of the molecule is CC1(C)c2ccccc2-c2ccc(N(c3ccc4c(c3)sc3ccccc34)c3cccc4c3oc3cc5c(cc34)oc3c(-c4ccccc4)cccc35)cc21. The molecule has 55 heavy (non-hydrogen) atoms. The lowest BCUT2D eigenvalue weighted by molar-refractivity contribution is 0.660. The number of nitrogens with zero attached hydrogens (tertiary/aromatic N) is 1. The summed E-state index contributed by atoms with van der Waals surface area (Å²) in [5, 5.41) is 6.80. The Kier molecular flexibility index (Phi) is 6.27. The van der Waals surface area contributed by atoms with Crippen molar-refractivity contribution in [2.75, 3.05) is 4.90 Å². The second-order valence-electron chi connectivity index (χ2n) is 15.3. The predicted octanol–water partition coefficient (Wildman–Crippen LogP) is 15.3. The summed E-state index contributed by atoms with van der Waals surface area (Å²) >= 11 is 1.84. The second kappa shape index (κ2) is 11.2. The Morgan fingerprint density at radius 3 is 1.91 bits per heavy atom. The van der Waals surface area contributed by atoms with E-state index >= 15 is 0 Å². The van der Waals surface area contributed by atoms with Gasteiger partial charge in [-0.15, -0.1) is 11.3 Å². The highest BCUT2D eigenvalue weighted by Crippen LogP contribution is 2.52. The van der Waals surface area contributed by atoms with Crippen LogP contribution in [-0.2, 0) is 5.41 Å². The van der Waals surface area contributed by atoms with Crippen molar-refractivity contribution in [1.29, 1.82) is 0 Å². The highest BCUT2D eigenvalue weighted by atomic mass is 32.1. The van der Waals surface area contributed by atoms with Gasteiger partial charge in [0.05, 0.1) is 5.69 Å². The molecule has 1 aliphatic rings. The Balaban J connectivity index is 1.08. The van der Waals surface area contributed by atoms with Gasteiger partial charge < -0.3 is 13.7 Å². The molecule has 0 N–H and O–H groups in total. The number of rotatable bonds is 4. The van der Waals surface area contributed by atoms with Gasteiger partial charge in [0.25, 0.3) is 0 Å². The van der Waals surface area contributed by atoms with E-state index in [1.807, 2.05) is 17.4 Å². The molecule has 8 aromatic carbocycles. The molecule has 0 unspecified atom stereocenters. The molecule has 0 amide bonds. The number of benzene rings is 8. The first-order chi connectivity index (χ1) is 27.0. The van der Waals surface area contributed by atoms with Crippen LogP contribution in [0.3, 0.4) is 0 Å². The molecule has 0 aliphatic heterocycles. The third-order valence-corrected chi connectivity index (χ3v) is 13.0. The van der Waals surface area contributed by atoms with Crippen LogP contribution in [0.4, 0.5) is 17.1 Å². The molecule has 0 fully saturated rings. The van der Waals surface area contributed by atoms with Gasteiger partial charge in [0.2, 0.25) is 0 Å². The number of anilines is 3. The Morgan fingerprint density at radius 2 is 1.05 bits per heavy atom. The van der Waals surface area contributed by atoms with Crippen LogP contribution < -0.4 is 4.90 Å². The molecule has 0 atom stereocenters. The minimum atomic E-state index is -0.133. The zero-order chi connectivity index (χ0) is 36.4. The Hall–Kier alpha value is -6.62. The van der Waals surface area contributed by atoms with Gasteiger partial charge in [0, 0.05) is 64.1 Å². The summed E-state index contributed by atoms with van der Waals surface area (Å²) in [6.07, 6.45) is 0. The van der Waals surface area contributed by atoms with Crippen molar-refractivity contribution in [3.05, 3.63) is 175 Å². The van der Waals surface area contributed by atoms with Crippen LogP contribution in [0.2, 0.25) is 0 Å². The number of para-hydroxylation sites is 2. The minimum absolute atomic E-state index is 0.133. The maximum Gasteiger partial charge on any atom is 0.159 e. The van der Waals surface area contributed by atoms with E-state index in [1.165, 1.54) is 42.4 Å². The minimum Gasteiger partial charge on any atom is -0.455 e. The van der Waals surface area contributed by atoms with Crippen LogP contribution >= 0.6 is 11.3 Å². The van der Waals surface area contributed by atoms with Crippen molar-refractivity contribution in [3.63, 3.8) is 0 Å². The molecule has 3 aromatic heterocycles. The molecule has 0 saturated carbocycles. The summed E-state index contributed by atoms with van der Waals surface area (Å²) in [5.41, 5.74) is 14.0. The lowest BCUT2D eigenvalue weighted by Crippen LogP contribution is -2.16. The smallest absolute Gasteiger partial charge is 0.159 e. The topological polar surface area (TPSA) is 29.5 Å². The predicted molar refractivity (Wildman–Crippen MR) is 232 cm³/mol. The van der Waals surface area contributed by atoms with Crippen molar-refractivity contribution < 1.29 is 8.83 Å². The first-order valence-corrected chi connectivity index (χ1v) is 19.6. The van der Waals surface area contributed by atoms with E-state index < -0.39 is 0 Å². The van der Waals surface area contributed by atoms with Crippen LogP contribution in [0, 0.1) is 0 Å². The molecule has 0 radical (unpaired) electrons. The number of hydrogen-bond donors (Lipinski definition) is 0. The first-order valence-electron chi connectivity index (χ1n) is 18.8. The monoisotopic (exact) mass is 723 g/mol. The normalized spacial score (nSPS) is 13.4. The molecule has 0 spiro atoms. The fourth-order valence-corrected chi connectivity index (χ4v) is 10.3. The van der Waals surface area contributed by atoms with Crippen molar-refractivity contribution in [1.82, 2.24) is 0 Å². The van der Waals surface area contributed by atoms with Crippen molar-refractivity contribution in [3.8, 4) is 22.3 Å². The molecule has 260 valence electrons. The van der Waals surface area contributed by atoms with Crippen LogP contribution in [0.15, 0.2) is 173 Å². The molecular formula is C51H33NO2S. The summed E-state index contributed by atoms with van der Waals surface area (Å²) in [6, 6.07) is 59.1. The third kappa shape index (κ3) is 4.37. The Morgan fingerprint density at radius 1 is 0.436 bits per heavy atom. The number of fused-ring (bicyclic) bond motifs is 12. The summed E-state index contributed by atoms with van der Waals surface area (Å²) in [6.45, 7) is 4.69. The van der Waals surface area contributed by atoms with Crippen LogP contribution in [0.25, 0.3) is 86.3 Å². The van der Waals surface area contributed by atoms with Crippen LogP contribution in [0.5, 0.6) is 0 Å². The van der Waals surface area contributed by atoms with Gasteiger partial charge in [-0.05, 0) is 76.3 Å². The number of hydrogen-bond acceptors (Lipinski definition) is 4. The molecule has 3 nitrogen and oxygen atoms in total. The van der Waals surface area contributed by atoms with Crippen molar-refractivity contribution in [2.24, 2.45) is 0 Å². The molecule has 12 rings (SSSR count). The zero-order valence-corrected chi connectivity index (χ0v) is 31.1. The van der Waals surface area contributed by atoms with E-state index in [0.717, 1.165) is 72.1 Å². The standard InChI is InChI=1S/C51H33NO2S/c1-51(2)42-19-8-6-14-34(42)35-24-22-31(26-43(35)51)52(32-23-25-37-36-15-7-9-21-47(36)55-48(37)27-32)44-20-11-18-39-41-29-45-40(28-46(41)54-50(39)44)38-17-10-16-33(49(38)53-45)30-12-4-3-5-13-30/h3-29H,1-2H3. The Bertz CT molecular complexity index is 3360. The summed E-state index contributed by atoms with van der Waals surface area (Å²) in [4.78, 5) is 2.39. The Labute approximate surface area is 321 Å². The summed E-state index contributed by atoms with van der Waals surface area (Å²) in [5.74, 6) is 0. The van der Waals surface area contributed by atoms with Gasteiger partial charge in [-0.1, -0.05) is 129 Å². The lowest BCUT2D eigenvalue weighted by Gasteiger charge is -2.28. The maximum atomic E-state index is 6.99. The number of thiophene rings is 1. The molecule has 3 heterocycles. The lowest BCUT2D eigenvalue weighted by atomic mass is 9.82. The fraction of sp³-hybridized carbons (Fsp3) is 0.0588. The summed E-state index contributed by atoms with van der Waals surface area (Å²) < 4.78 is 16.2. The summed E-state index contributed by atoms with van der Waals surface area (Å²) in [7, 11) is 0. The second-order valence-corrected chi connectivity index (χ2v) is 16.3. The van der Waals surface area contributed by atoms with E-state index in [2.05, 4.69) is 176 Å².